The SMILES string of the molecule is CC/C=C\C/C=C\C/C=C\C/C=C\C/C=C\C/C=C\C/C=C\C/C=C\CCCCCCCCCCCCC(=O)OC(COC(=O)CCCCCCCCCCCCCCC/C=C\CCCCCCCCCC)COP(=O)([O-])OCC[N+](C)(C)C. The first kappa shape index (κ1) is 80.7. The Kier molecular flexibility index (Phi) is 61.6. The molecule has 0 fully saturated rings. The van der Waals surface area contributed by atoms with Crippen LogP contribution in [0.4, 0.5) is 0 Å². The van der Waals surface area contributed by atoms with E-state index in [1.54, 1.807) is 0 Å². The number of carbonyl (C=O) groups is 2. The van der Waals surface area contributed by atoms with Crippen LogP contribution in [-0.4, -0.2) is 70.0 Å². The number of quaternary nitrogens is 1. The number of carbonyl (C=O) groups excluding carboxylic acids is 2. The molecule has 9 nitrogen and oxygen atoms in total. The van der Waals surface area contributed by atoms with Crippen molar-refractivity contribution in [2.24, 2.45) is 0 Å². The van der Waals surface area contributed by atoms with Crippen LogP contribution in [0.2, 0.25) is 0 Å². The molecular formula is C74H130NO8P. The normalized spacial score (nSPS) is 13.8. The van der Waals surface area contributed by atoms with Crippen molar-refractivity contribution < 1.29 is 42.1 Å². The molecular weight excluding hydrogens is 1060 g/mol. The molecule has 2 atom stereocenters. The monoisotopic (exact) mass is 1190 g/mol. The van der Waals surface area contributed by atoms with Gasteiger partial charge >= 0.3 is 11.9 Å². The summed E-state index contributed by atoms with van der Waals surface area (Å²) >= 11 is 0. The average molecular weight is 1190 g/mol. The molecule has 0 spiro atoms. The molecule has 0 aromatic carbocycles. The molecule has 0 radical (unpaired) electrons. The summed E-state index contributed by atoms with van der Waals surface area (Å²) in [5.41, 5.74) is 0. The highest BCUT2D eigenvalue weighted by molar-refractivity contribution is 7.45. The molecule has 2 unspecified atom stereocenters. The molecule has 0 aliphatic rings. The lowest BCUT2D eigenvalue weighted by molar-refractivity contribution is -0.870. The van der Waals surface area contributed by atoms with Crippen LogP contribution in [0.3, 0.4) is 0 Å². The van der Waals surface area contributed by atoms with Crippen molar-refractivity contribution in [2.45, 2.75) is 302 Å². The molecule has 484 valence electrons. The summed E-state index contributed by atoms with van der Waals surface area (Å²) in [6.45, 7) is 4.14. The minimum Gasteiger partial charge on any atom is -0.756 e. The molecule has 0 aliphatic heterocycles. The fraction of sp³-hybridized carbons (Fsp3) is 0.730. The van der Waals surface area contributed by atoms with Crippen LogP contribution in [0.5, 0.6) is 0 Å². The molecule has 0 saturated heterocycles. The molecule has 0 amide bonds. The van der Waals surface area contributed by atoms with Crippen molar-refractivity contribution in [3.05, 3.63) is 109 Å². The van der Waals surface area contributed by atoms with Crippen LogP contribution in [0, 0.1) is 0 Å². The summed E-state index contributed by atoms with van der Waals surface area (Å²) in [6, 6.07) is 0. The fourth-order valence-corrected chi connectivity index (χ4v) is 10.2. The summed E-state index contributed by atoms with van der Waals surface area (Å²) in [4.78, 5) is 38.1. The van der Waals surface area contributed by atoms with Crippen molar-refractivity contribution >= 4 is 19.8 Å². The maximum atomic E-state index is 12.9. The summed E-state index contributed by atoms with van der Waals surface area (Å²) in [7, 11) is 1.16. The molecule has 0 saturated carbocycles. The van der Waals surface area contributed by atoms with Crippen LogP contribution in [0.15, 0.2) is 109 Å². The van der Waals surface area contributed by atoms with E-state index in [4.69, 9.17) is 18.5 Å². The third-order valence-corrected chi connectivity index (χ3v) is 15.7. The van der Waals surface area contributed by atoms with Crippen LogP contribution in [0.1, 0.15) is 296 Å². The van der Waals surface area contributed by atoms with E-state index in [1.807, 2.05) is 21.1 Å². The summed E-state index contributed by atoms with van der Waals surface area (Å²) < 4.78 is 34.3. The lowest BCUT2D eigenvalue weighted by Gasteiger charge is -2.28. The Morgan fingerprint density at radius 1 is 0.381 bits per heavy atom. The summed E-state index contributed by atoms with van der Waals surface area (Å²) in [5.74, 6) is -0.834. The molecule has 10 heteroatoms. The standard InChI is InChI=1S/C74H130NO8P/c1-6-8-10-12-14-16-18-20-22-24-26-28-30-32-33-34-35-36-37-38-39-40-41-43-45-47-49-51-53-55-57-59-61-63-65-67-74(77)83-72(71-82-84(78,79)81-69-68-75(3,4)5)70-80-73(76)66-64-62-60-58-56-54-52-50-48-46-44-42-31-29-27-25-23-21-19-17-15-13-11-9-7-2/h8,10,14,16,20,22,25-28,32-33,35-36,38-39,41,43,72H,6-7,9,11-13,15,17-19,21,23-24,29-31,34,37,40,42,44-71H2,1-5H3/b10-8-,16-14-,22-20-,27-25-,28-26-,33-32-,36-35-,39-38-,43-41-. The van der Waals surface area contributed by atoms with E-state index >= 15 is 0 Å². The van der Waals surface area contributed by atoms with E-state index in [1.165, 1.54) is 167 Å². The molecule has 0 rings (SSSR count). The van der Waals surface area contributed by atoms with Gasteiger partial charge in [-0.1, -0.05) is 290 Å². The number of hydrogen-bond donors (Lipinski definition) is 0. The third-order valence-electron chi connectivity index (χ3n) is 14.8. The van der Waals surface area contributed by atoms with Gasteiger partial charge in [0.15, 0.2) is 6.10 Å². The number of allylic oxidation sites excluding steroid dienone is 18. The third kappa shape index (κ3) is 67.8. The van der Waals surface area contributed by atoms with Gasteiger partial charge in [-0.3, -0.25) is 14.2 Å². The quantitative estimate of drug-likeness (QED) is 0.0195. The molecule has 0 aromatic heterocycles. The van der Waals surface area contributed by atoms with Gasteiger partial charge < -0.3 is 27.9 Å². The second-order valence-corrected chi connectivity index (χ2v) is 25.6. The second-order valence-electron chi connectivity index (χ2n) is 24.2. The first-order chi connectivity index (χ1) is 41.0. The Balaban J connectivity index is 4.10. The van der Waals surface area contributed by atoms with Crippen LogP contribution in [-0.2, 0) is 32.7 Å². The van der Waals surface area contributed by atoms with Crippen molar-refractivity contribution in [2.75, 3.05) is 47.5 Å². The first-order valence-corrected chi connectivity index (χ1v) is 36.1. The maximum Gasteiger partial charge on any atom is 0.306 e. The average Bonchev–Trinajstić information content (AvgIpc) is 3.61. The molecule has 0 bridgehead atoms. The number of ether oxygens (including phenoxy) is 2. The Bertz CT molecular complexity index is 1790. The summed E-state index contributed by atoms with van der Waals surface area (Å²) in [5, 5.41) is 0. The second kappa shape index (κ2) is 64.2. The zero-order valence-corrected chi connectivity index (χ0v) is 56.0. The van der Waals surface area contributed by atoms with Crippen molar-refractivity contribution in [3.63, 3.8) is 0 Å². The lowest BCUT2D eigenvalue weighted by atomic mass is 10.0. The van der Waals surface area contributed by atoms with Crippen LogP contribution in [0.25, 0.3) is 0 Å². The minimum atomic E-state index is -4.65. The van der Waals surface area contributed by atoms with E-state index in [0.717, 1.165) is 96.3 Å². The Morgan fingerprint density at radius 3 is 1.02 bits per heavy atom. The van der Waals surface area contributed by atoms with Gasteiger partial charge in [0, 0.05) is 12.8 Å². The van der Waals surface area contributed by atoms with E-state index in [9.17, 15) is 19.0 Å². The number of phosphoric ester groups is 1. The predicted octanol–water partition coefficient (Wildman–Crippen LogP) is 21.9. The highest BCUT2D eigenvalue weighted by Gasteiger charge is 2.22. The molecule has 0 aromatic rings. The number of phosphoric acid groups is 1. The van der Waals surface area contributed by atoms with Gasteiger partial charge in [-0.25, -0.2) is 0 Å². The Labute approximate surface area is 518 Å². The van der Waals surface area contributed by atoms with Gasteiger partial charge in [-0.15, -0.1) is 0 Å². The number of nitrogens with zero attached hydrogens (tertiary/aromatic N) is 1. The van der Waals surface area contributed by atoms with Gasteiger partial charge in [0.05, 0.1) is 27.7 Å². The van der Waals surface area contributed by atoms with Gasteiger partial charge in [0.2, 0.25) is 0 Å². The van der Waals surface area contributed by atoms with E-state index in [0.29, 0.717) is 17.4 Å². The van der Waals surface area contributed by atoms with Crippen LogP contribution < -0.4 is 4.89 Å². The molecule has 0 heterocycles. The van der Waals surface area contributed by atoms with E-state index in [2.05, 4.69) is 123 Å². The van der Waals surface area contributed by atoms with Gasteiger partial charge in [-0.2, -0.15) is 0 Å². The largest absolute Gasteiger partial charge is 0.756 e. The zero-order chi connectivity index (χ0) is 61.2. The van der Waals surface area contributed by atoms with Gasteiger partial charge in [0.25, 0.3) is 7.82 Å². The Morgan fingerprint density at radius 2 is 0.679 bits per heavy atom. The fourth-order valence-electron chi connectivity index (χ4n) is 9.49. The van der Waals surface area contributed by atoms with E-state index < -0.39 is 26.5 Å². The minimum absolute atomic E-state index is 0.0353. The van der Waals surface area contributed by atoms with E-state index in [-0.39, 0.29) is 32.0 Å². The topological polar surface area (TPSA) is 111 Å². The number of likely N-dealkylation sites (N-methyl/N-ethyl adjacent to an activating group) is 1. The highest BCUT2D eigenvalue weighted by atomic mass is 31.2. The summed E-state index contributed by atoms with van der Waals surface area (Å²) in [6.07, 6.45) is 90.1. The first-order valence-electron chi connectivity index (χ1n) is 34.6. The molecule has 84 heavy (non-hydrogen) atoms. The molecule has 0 N–H and O–H groups in total. The maximum absolute atomic E-state index is 12.9. The van der Waals surface area contributed by atoms with Crippen molar-refractivity contribution in [1.29, 1.82) is 0 Å². The Hall–Kier alpha value is -3.33. The van der Waals surface area contributed by atoms with Crippen LogP contribution >= 0.6 is 7.82 Å². The molecule has 0 aliphatic carbocycles. The van der Waals surface area contributed by atoms with Gasteiger partial charge in [-0.05, 0) is 103 Å². The van der Waals surface area contributed by atoms with Crippen molar-refractivity contribution in [1.82, 2.24) is 0 Å². The predicted molar refractivity (Wildman–Crippen MR) is 360 cm³/mol. The van der Waals surface area contributed by atoms with Crippen molar-refractivity contribution in [3.8, 4) is 0 Å². The number of rotatable bonds is 63. The number of unbranched alkanes of at least 4 members (excludes halogenated alkanes) is 31. The zero-order valence-electron chi connectivity index (χ0n) is 55.1. The van der Waals surface area contributed by atoms with Gasteiger partial charge in [0.1, 0.15) is 19.8 Å². The lowest BCUT2D eigenvalue weighted by Crippen LogP contribution is -2.37. The number of hydrogen-bond acceptors (Lipinski definition) is 8. The smallest absolute Gasteiger partial charge is 0.306 e. The highest BCUT2D eigenvalue weighted by Crippen LogP contribution is 2.38. The number of esters is 2.